The van der Waals surface area contributed by atoms with Gasteiger partial charge in [0, 0.05) is 24.5 Å². The number of sulfonamides is 1. The molecule has 20 heavy (non-hydrogen) atoms. The zero-order valence-corrected chi connectivity index (χ0v) is 13.6. The van der Waals surface area contributed by atoms with Gasteiger partial charge >= 0.3 is 0 Å². The smallest absolute Gasteiger partial charge is 0.250 e. The first kappa shape index (κ1) is 17.1. The molecule has 1 amide bonds. The minimum Gasteiger partial charge on any atom is -0.342 e. The van der Waals surface area contributed by atoms with E-state index in [2.05, 4.69) is 4.72 Å². The first-order chi connectivity index (χ1) is 9.35. The zero-order valence-electron chi connectivity index (χ0n) is 11.9. The molecule has 1 atom stereocenters. The van der Waals surface area contributed by atoms with Crippen LogP contribution in [0.3, 0.4) is 0 Å². The predicted octanol–water partition coefficient (Wildman–Crippen LogP) is 0.742. The standard InChI is InChI=1S/C12H21N3O3S2/c1-4-15(5-2)12(16)9(3)14-20(17,18)11-7-6-10(8-13)19-11/h6-7,9,14H,4-5,8,13H2,1-3H3. The number of carbonyl (C=O) groups excluding carboxylic acids is 1. The molecule has 0 aliphatic rings. The highest BCUT2D eigenvalue weighted by Crippen LogP contribution is 2.21. The van der Waals surface area contributed by atoms with Crippen LogP contribution in [-0.2, 0) is 21.4 Å². The average molecular weight is 319 g/mol. The van der Waals surface area contributed by atoms with Crippen molar-refractivity contribution in [3.05, 3.63) is 17.0 Å². The molecule has 0 fully saturated rings. The molecule has 0 aliphatic heterocycles. The highest BCUT2D eigenvalue weighted by molar-refractivity contribution is 7.91. The van der Waals surface area contributed by atoms with E-state index in [1.807, 2.05) is 13.8 Å². The quantitative estimate of drug-likeness (QED) is 0.775. The molecule has 8 heteroatoms. The Morgan fingerprint density at radius 1 is 1.40 bits per heavy atom. The summed E-state index contributed by atoms with van der Waals surface area (Å²) in [6.07, 6.45) is 0. The van der Waals surface area contributed by atoms with E-state index in [9.17, 15) is 13.2 Å². The van der Waals surface area contributed by atoms with E-state index in [1.165, 1.54) is 6.07 Å². The highest BCUT2D eigenvalue weighted by Gasteiger charge is 2.25. The molecule has 1 aromatic rings. The van der Waals surface area contributed by atoms with Crippen LogP contribution in [0.4, 0.5) is 0 Å². The average Bonchev–Trinajstić information content (AvgIpc) is 2.89. The number of hydrogen-bond donors (Lipinski definition) is 2. The van der Waals surface area contributed by atoms with Crippen LogP contribution in [0, 0.1) is 0 Å². The van der Waals surface area contributed by atoms with Crippen molar-refractivity contribution in [2.45, 2.75) is 37.6 Å². The normalized spacial score (nSPS) is 13.2. The van der Waals surface area contributed by atoms with Crippen LogP contribution in [0.15, 0.2) is 16.3 Å². The monoisotopic (exact) mass is 319 g/mol. The van der Waals surface area contributed by atoms with E-state index in [4.69, 9.17) is 5.73 Å². The lowest BCUT2D eigenvalue weighted by atomic mass is 10.3. The number of likely N-dealkylation sites (N-methyl/N-ethyl adjacent to an activating group) is 1. The van der Waals surface area contributed by atoms with Crippen molar-refractivity contribution in [1.29, 1.82) is 0 Å². The molecular formula is C12H21N3O3S2. The fraction of sp³-hybridized carbons (Fsp3) is 0.583. The minimum atomic E-state index is -3.68. The van der Waals surface area contributed by atoms with Crippen LogP contribution in [0.2, 0.25) is 0 Å². The van der Waals surface area contributed by atoms with Crippen molar-refractivity contribution in [2.24, 2.45) is 5.73 Å². The Labute approximate surface area is 124 Å². The van der Waals surface area contributed by atoms with Crippen molar-refractivity contribution in [3.8, 4) is 0 Å². The summed E-state index contributed by atoms with van der Waals surface area (Å²) >= 11 is 1.11. The van der Waals surface area contributed by atoms with Crippen molar-refractivity contribution in [3.63, 3.8) is 0 Å². The summed E-state index contributed by atoms with van der Waals surface area (Å²) in [6.45, 7) is 6.67. The van der Waals surface area contributed by atoms with Gasteiger partial charge in [0.1, 0.15) is 4.21 Å². The summed E-state index contributed by atoms with van der Waals surface area (Å²) in [5.41, 5.74) is 5.47. The van der Waals surface area contributed by atoms with Gasteiger partial charge < -0.3 is 10.6 Å². The molecule has 0 spiro atoms. The molecule has 6 nitrogen and oxygen atoms in total. The van der Waals surface area contributed by atoms with Crippen LogP contribution in [0.5, 0.6) is 0 Å². The maximum absolute atomic E-state index is 12.2. The first-order valence-electron chi connectivity index (χ1n) is 6.45. The molecule has 3 N–H and O–H groups in total. The van der Waals surface area contributed by atoms with E-state index >= 15 is 0 Å². The van der Waals surface area contributed by atoms with Gasteiger partial charge in [-0.2, -0.15) is 4.72 Å². The van der Waals surface area contributed by atoms with Gasteiger partial charge in [-0.15, -0.1) is 11.3 Å². The molecule has 0 bridgehead atoms. The molecular weight excluding hydrogens is 298 g/mol. The number of nitrogens with one attached hydrogen (secondary N) is 1. The number of rotatable bonds is 7. The Hall–Kier alpha value is -0.960. The minimum absolute atomic E-state index is 0.178. The molecule has 1 rings (SSSR count). The summed E-state index contributed by atoms with van der Waals surface area (Å²) in [7, 11) is -3.68. The Kier molecular flexibility index (Phi) is 6.12. The van der Waals surface area contributed by atoms with E-state index in [1.54, 1.807) is 17.9 Å². The second kappa shape index (κ2) is 7.16. The van der Waals surface area contributed by atoms with Gasteiger partial charge in [-0.05, 0) is 32.9 Å². The largest absolute Gasteiger partial charge is 0.342 e. The maximum atomic E-state index is 12.2. The molecule has 0 aliphatic carbocycles. The number of nitrogens with two attached hydrogens (primary N) is 1. The van der Waals surface area contributed by atoms with Crippen molar-refractivity contribution in [1.82, 2.24) is 9.62 Å². The Balaban J connectivity index is 2.82. The number of nitrogens with zero attached hydrogens (tertiary/aromatic N) is 1. The van der Waals surface area contributed by atoms with Crippen LogP contribution < -0.4 is 10.5 Å². The van der Waals surface area contributed by atoms with E-state index in [-0.39, 0.29) is 10.1 Å². The van der Waals surface area contributed by atoms with E-state index < -0.39 is 16.1 Å². The van der Waals surface area contributed by atoms with Crippen molar-refractivity contribution in [2.75, 3.05) is 13.1 Å². The van der Waals surface area contributed by atoms with Gasteiger partial charge in [0.25, 0.3) is 10.0 Å². The Morgan fingerprint density at radius 2 is 2.00 bits per heavy atom. The second-order valence-electron chi connectivity index (χ2n) is 4.28. The van der Waals surface area contributed by atoms with Crippen LogP contribution in [-0.4, -0.2) is 38.4 Å². The third-order valence-corrected chi connectivity index (χ3v) is 6.02. The van der Waals surface area contributed by atoms with Gasteiger partial charge in [0.05, 0.1) is 6.04 Å². The number of carbonyl (C=O) groups is 1. The van der Waals surface area contributed by atoms with Crippen LogP contribution in [0.1, 0.15) is 25.6 Å². The number of hydrogen-bond acceptors (Lipinski definition) is 5. The summed E-state index contributed by atoms with van der Waals surface area (Å²) in [5, 5.41) is 0. The van der Waals surface area contributed by atoms with Gasteiger partial charge in [0.2, 0.25) is 5.91 Å². The SMILES string of the molecule is CCN(CC)C(=O)C(C)NS(=O)(=O)c1ccc(CN)s1. The molecule has 0 saturated carbocycles. The summed E-state index contributed by atoms with van der Waals surface area (Å²) < 4.78 is 26.9. The molecule has 1 aromatic heterocycles. The predicted molar refractivity (Wildman–Crippen MR) is 79.9 cm³/mol. The van der Waals surface area contributed by atoms with Gasteiger partial charge in [-0.25, -0.2) is 8.42 Å². The van der Waals surface area contributed by atoms with Crippen molar-refractivity contribution >= 4 is 27.3 Å². The fourth-order valence-corrected chi connectivity index (χ4v) is 4.21. The lowest BCUT2D eigenvalue weighted by molar-refractivity contribution is -0.132. The molecule has 114 valence electrons. The fourth-order valence-electron chi connectivity index (χ4n) is 1.76. The van der Waals surface area contributed by atoms with Crippen LogP contribution in [0.25, 0.3) is 0 Å². The number of amides is 1. The first-order valence-corrected chi connectivity index (χ1v) is 8.75. The third-order valence-electron chi connectivity index (χ3n) is 2.88. The maximum Gasteiger partial charge on any atom is 0.250 e. The summed E-state index contributed by atoms with van der Waals surface area (Å²) in [6, 6.07) is 2.39. The van der Waals surface area contributed by atoms with Crippen molar-refractivity contribution < 1.29 is 13.2 Å². The topological polar surface area (TPSA) is 92.5 Å². The molecule has 1 heterocycles. The second-order valence-corrected chi connectivity index (χ2v) is 7.39. The third kappa shape index (κ3) is 4.02. The van der Waals surface area contributed by atoms with Gasteiger partial charge in [0.15, 0.2) is 0 Å². The van der Waals surface area contributed by atoms with Gasteiger partial charge in [-0.3, -0.25) is 4.79 Å². The highest BCUT2D eigenvalue weighted by atomic mass is 32.2. The van der Waals surface area contributed by atoms with E-state index in [0.717, 1.165) is 16.2 Å². The number of thiophene rings is 1. The Morgan fingerprint density at radius 3 is 2.45 bits per heavy atom. The molecule has 0 aromatic carbocycles. The Bertz CT molecular complexity index is 550. The van der Waals surface area contributed by atoms with Gasteiger partial charge in [-0.1, -0.05) is 0 Å². The zero-order chi connectivity index (χ0) is 15.3. The lowest BCUT2D eigenvalue weighted by Gasteiger charge is -2.23. The molecule has 0 radical (unpaired) electrons. The van der Waals surface area contributed by atoms with Crippen LogP contribution >= 0.6 is 11.3 Å². The summed E-state index contributed by atoms with van der Waals surface area (Å²) in [5.74, 6) is -0.228. The summed E-state index contributed by atoms with van der Waals surface area (Å²) in [4.78, 5) is 14.4. The lowest BCUT2D eigenvalue weighted by Crippen LogP contribution is -2.46. The molecule has 0 saturated heterocycles. The van der Waals surface area contributed by atoms with E-state index in [0.29, 0.717) is 19.6 Å². The molecule has 1 unspecified atom stereocenters.